The van der Waals surface area contributed by atoms with Gasteiger partial charge in [0.1, 0.15) is 0 Å². The van der Waals surface area contributed by atoms with Crippen LogP contribution >= 0.6 is 0 Å². The third-order valence-electron chi connectivity index (χ3n) is 2.35. The Morgan fingerprint density at radius 1 is 1.37 bits per heavy atom. The Balaban J connectivity index is 2.40. The number of hydrogen-bond donors (Lipinski definition) is 2. The van der Waals surface area contributed by atoms with Gasteiger partial charge in [0.25, 0.3) is 0 Å². The van der Waals surface area contributed by atoms with E-state index in [4.69, 9.17) is 4.52 Å². The summed E-state index contributed by atoms with van der Waals surface area (Å²) in [4.78, 5) is 8.49. The minimum absolute atomic E-state index is 0.0167. The van der Waals surface area contributed by atoms with Crippen molar-refractivity contribution in [2.24, 2.45) is 4.99 Å². The molecule has 6 nitrogen and oxygen atoms in total. The lowest BCUT2D eigenvalue weighted by molar-refractivity contribution is 0.371. The first-order chi connectivity index (χ1) is 8.81. The molecule has 0 aromatic carbocycles. The number of nitrogens with one attached hydrogen (secondary N) is 2. The summed E-state index contributed by atoms with van der Waals surface area (Å²) in [5.74, 6) is 2.48. The number of nitrogens with zero attached hydrogens (tertiary/aromatic N) is 3. The monoisotopic (exact) mass is 267 g/mol. The molecule has 2 N–H and O–H groups in total. The highest BCUT2D eigenvalue weighted by molar-refractivity contribution is 5.80. The van der Waals surface area contributed by atoms with Gasteiger partial charge < -0.3 is 15.2 Å². The third-order valence-corrected chi connectivity index (χ3v) is 2.35. The summed E-state index contributed by atoms with van der Waals surface area (Å²) >= 11 is 0. The molecule has 6 heteroatoms. The first-order valence-electron chi connectivity index (χ1n) is 6.63. The van der Waals surface area contributed by atoms with Crippen molar-refractivity contribution < 1.29 is 4.52 Å². The second-order valence-electron chi connectivity index (χ2n) is 5.83. The van der Waals surface area contributed by atoms with Gasteiger partial charge in [0.15, 0.2) is 11.8 Å². The van der Waals surface area contributed by atoms with Crippen LogP contribution in [0.4, 0.5) is 0 Å². The number of aromatic nitrogens is 2. The molecule has 0 aliphatic heterocycles. The van der Waals surface area contributed by atoms with Crippen LogP contribution in [0.3, 0.4) is 0 Å². The van der Waals surface area contributed by atoms with Crippen molar-refractivity contribution in [2.75, 3.05) is 13.6 Å². The van der Waals surface area contributed by atoms with Gasteiger partial charge >= 0.3 is 0 Å². The summed E-state index contributed by atoms with van der Waals surface area (Å²) in [6.45, 7) is 11.1. The van der Waals surface area contributed by atoms with Crippen LogP contribution < -0.4 is 10.6 Å². The number of hydrogen-bond acceptors (Lipinski definition) is 4. The van der Waals surface area contributed by atoms with E-state index in [1.165, 1.54) is 0 Å². The minimum Gasteiger partial charge on any atom is -0.356 e. The predicted molar refractivity (Wildman–Crippen MR) is 76.3 cm³/mol. The average molecular weight is 267 g/mol. The Labute approximate surface area is 115 Å². The zero-order valence-corrected chi connectivity index (χ0v) is 12.7. The Kier molecular flexibility index (Phi) is 5.32. The molecule has 0 atom stereocenters. The van der Waals surface area contributed by atoms with Crippen LogP contribution in [0.1, 0.15) is 52.3 Å². The molecule has 108 valence electrons. The van der Waals surface area contributed by atoms with Crippen LogP contribution in [0.5, 0.6) is 0 Å². The zero-order chi connectivity index (χ0) is 14.5. The van der Waals surface area contributed by atoms with Gasteiger partial charge in [-0.1, -0.05) is 19.0 Å². The first kappa shape index (κ1) is 15.5. The molecule has 1 aromatic heterocycles. The highest BCUT2D eigenvalue weighted by Crippen LogP contribution is 2.09. The number of aliphatic imine (C=N–C) groups is 1. The van der Waals surface area contributed by atoms with Gasteiger partial charge in [-0.25, -0.2) is 0 Å². The second-order valence-corrected chi connectivity index (χ2v) is 5.83. The van der Waals surface area contributed by atoms with Crippen molar-refractivity contribution >= 4 is 5.96 Å². The molecule has 0 saturated carbocycles. The molecule has 0 unspecified atom stereocenters. The molecule has 1 rings (SSSR count). The maximum atomic E-state index is 5.18. The standard InChI is InChI=1S/C13H25N5O/c1-9(2)11-16-10(19-18-11)7-8-15-12(14-6)17-13(3,4)5/h9H,7-8H2,1-6H3,(H2,14,15,17). The first-order valence-corrected chi connectivity index (χ1v) is 6.63. The predicted octanol–water partition coefficient (Wildman–Crippen LogP) is 1.70. The molecule has 0 bridgehead atoms. The van der Waals surface area contributed by atoms with Gasteiger partial charge in [-0.3, -0.25) is 4.99 Å². The fourth-order valence-corrected chi connectivity index (χ4v) is 1.43. The summed E-state index contributed by atoms with van der Waals surface area (Å²) in [5.41, 5.74) is -0.0167. The summed E-state index contributed by atoms with van der Waals surface area (Å²) in [6, 6.07) is 0. The Hall–Kier alpha value is -1.59. The van der Waals surface area contributed by atoms with E-state index in [1.807, 2.05) is 13.8 Å². The van der Waals surface area contributed by atoms with Gasteiger partial charge in [-0.2, -0.15) is 4.98 Å². The topological polar surface area (TPSA) is 75.3 Å². The Bertz CT molecular complexity index is 417. The van der Waals surface area contributed by atoms with Crippen LogP contribution in [0.2, 0.25) is 0 Å². The summed E-state index contributed by atoms with van der Waals surface area (Å²) in [5, 5.41) is 10.4. The molecular weight excluding hydrogens is 242 g/mol. The van der Waals surface area contributed by atoms with Crippen molar-refractivity contribution in [1.29, 1.82) is 0 Å². The summed E-state index contributed by atoms with van der Waals surface area (Å²) in [6.07, 6.45) is 0.685. The van der Waals surface area contributed by atoms with Gasteiger partial charge in [0, 0.05) is 31.5 Å². The fraction of sp³-hybridized carbons (Fsp3) is 0.769. The summed E-state index contributed by atoms with van der Waals surface area (Å²) < 4.78 is 5.18. The van der Waals surface area contributed by atoms with Gasteiger partial charge in [-0.15, -0.1) is 0 Å². The highest BCUT2D eigenvalue weighted by Gasteiger charge is 2.12. The Morgan fingerprint density at radius 3 is 2.53 bits per heavy atom. The van der Waals surface area contributed by atoms with Crippen LogP contribution in [0.25, 0.3) is 0 Å². The molecule has 19 heavy (non-hydrogen) atoms. The second kappa shape index (κ2) is 6.54. The largest absolute Gasteiger partial charge is 0.356 e. The van der Waals surface area contributed by atoms with E-state index in [2.05, 4.69) is 46.5 Å². The molecule has 0 amide bonds. The van der Waals surface area contributed by atoms with E-state index < -0.39 is 0 Å². The van der Waals surface area contributed by atoms with Crippen LogP contribution in [0, 0.1) is 0 Å². The summed E-state index contributed by atoms with van der Waals surface area (Å²) in [7, 11) is 1.75. The maximum absolute atomic E-state index is 5.18. The maximum Gasteiger partial charge on any atom is 0.228 e. The number of guanidine groups is 1. The average Bonchev–Trinajstić information content (AvgIpc) is 2.75. The van der Waals surface area contributed by atoms with Crippen molar-refractivity contribution in [2.45, 2.75) is 52.5 Å². The Morgan fingerprint density at radius 2 is 2.05 bits per heavy atom. The normalized spacial score (nSPS) is 12.9. The van der Waals surface area contributed by atoms with E-state index in [1.54, 1.807) is 7.05 Å². The molecule has 1 heterocycles. The minimum atomic E-state index is -0.0167. The lowest BCUT2D eigenvalue weighted by Crippen LogP contribution is -2.48. The van der Waals surface area contributed by atoms with Gasteiger partial charge in [-0.05, 0) is 20.8 Å². The SMILES string of the molecule is CN=C(NCCc1nc(C(C)C)no1)NC(C)(C)C. The van der Waals surface area contributed by atoms with Crippen molar-refractivity contribution in [3.63, 3.8) is 0 Å². The van der Waals surface area contributed by atoms with E-state index >= 15 is 0 Å². The van der Waals surface area contributed by atoms with Gasteiger partial charge in [0.05, 0.1) is 0 Å². The van der Waals surface area contributed by atoms with E-state index in [9.17, 15) is 0 Å². The third kappa shape index (κ3) is 5.72. The molecule has 1 aromatic rings. The van der Waals surface area contributed by atoms with Crippen LogP contribution in [-0.4, -0.2) is 35.2 Å². The quantitative estimate of drug-likeness (QED) is 0.641. The van der Waals surface area contributed by atoms with Crippen molar-refractivity contribution in [3.05, 3.63) is 11.7 Å². The van der Waals surface area contributed by atoms with E-state index in [0.29, 0.717) is 24.8 Å². The van der Waals surface area contributed by atoms with E-state index in [0.717, 1.165) is 11.8 Å². The molecule has 0 aliphatic carbocycles. The highest BCUT2D eigenvalue weighted by atomic mass is 16.5. The molecular formula is C13H25N5O. The zero-order valence-electron chi connectivity index (χ0n) is 12.7. The van der Waals surface area contributed by atoms with E-state index in [-0.39, 0.29) is 5.54 Å². The molecule has 0 radical (unpaired) electrons. The molecule has 0 spiro atoms. The molecule has 0 aliphatic rings. The lowest BCUT2D eigenvalue weighted by atomic mass is 10.1. The van der Waals surface area contributed by atoms with Gasteiger partial charge in [0.2, 0.25) is 5.89 Å². The lowest BCUT2D eigenvalue weighted by Gasteiger charge is -2.23. The van der Waals surface area contributed by atoms with Crippen molar-refractivity contribution in [3.8, 4) is 0 Å². The van der Waals surface area contributed by atoms with Crippen LogP contribution in [0.15, 0.2) is 9.52 Å². The van der Waals surface area contributed by atoms with Crippen molar-refractivity contribution in [1.82, 2.24) is 20.8 Å². The van der Waals surface area contributed by atoms with Crippen LogP contribution in [-0.2, 0) is 6.42 Å². The fourth-order valence-electron chi connectivity index (χ4n) is 1.43. The molecule has 0 fully saturated rings. The smallest absolute Gasteiger partial charge is 0.228 e. The molecule has 0 saturated heterocycles. The number of rotatable bonds is 4.